The molecule has 5 nitrogen and oxygen atoms in total. The van der Waals surface area contributed by atoms with Crippen LogP contribution in [0.15, 0.2) is 41.8 Å². The van der Waals surface area contributed by atoms with Crippen molar-refractivity contribution in [3.05, 3.63) is 57.8 Å². The van der Waals surface area contributed by atoms with Gasteiger partial charge in [0, 0.05) is 4.88 Å². The quantitative estimate of drug-likeness (QED) is 0.779. The standard InChI is InChI=1S/C18H21N3O2S/c19-18(23)21-15(16-9-4-10-24-16)11-17(22)20-14-8-3-6-12-5-1-2-7-13(12)14/h1-2,4-5,7,9-10,14-15H,3,6,8,11H2,(H,20,22)(H3,19,21,23)/t14-,15-/m1/s1. The van der Waals surface area contributed by atoms with Gasteiger partial charge >= 0.3 is 6.03 Å². The summed E-state index contributed by atoms with van der Waals surface area (Å²) in [6.07, 6.45) is 3.25. The van der Waals surface area contributed by atoms with Crippen LogP contribution < -0.4 is 16.4 Å². The van der Waals surface area contributed by atoms with Crippen LogP contribution >= 0.6 is 11.3 Å². The number of carbonyl (C=O) groups is 2. The Bertz CT molecular complexity index is 715. The highest BCUT2D eigenvalue weighted by molar-refractivity contribution is 7.10. The number of hydrogen-bond acceptors (Lipinski definition) is 3. The van der Waals surface area contributed by atoms with E-state index in [9.17, 15) is 9.59 Å². The first kappa shape index (κ1) is 16.5. The van der Waals surface area contributed by atoms with Crippen LogP contribution in [0.25, 0.3) is 0 Å². The van der Waals surface area contributed by atoms with E-state index in [4.69, 9.17) is 5.73 Å². The number of benzene rings is 1. The van der Waals surface area contributed by atoms with Crippen LogP contribution in [0.5, 0.6) is 0 Å². The second-order valence-electron chi connectivity index (χ2n) is 5.99. The Morgan fingerprint density at radius 2 is 2.08 bits per heavy atom. The van der Waals surface area contributed by atoms with E-state index in [2.05, 4.69) is 22.8 Å². The molecule has 0 aliphatic heterocycles. The van der Waals surface area contributed by atoms with E-state index in [1.165, 1.54) is 22.5 Å². The normalized spacial score (nSPS) is 17.6. The first-order valence-electron chi connectivity index (χ1n) is 8.10. The fourth-order valence-electron chi connectivity index (χ4n) is 3.23. The molecule has 2 aromatic rings. The van der Waals surface area contributed by atoms with Crippen molar-refractivity contribution in [3.63, 3.8) is 0 Å². The minimum atomic E-state index is -0.621. The van der Waals surface area contributed by atoms with Crippen molar-refractivity contribution in [1.29, 1.82) is 0 Å². The van der Waals surface area contributed by atoms with Crippen molar-refractivity contribution in [2.75, 3.05) is 0 Å². The largest absolute Gasteiger partial charge is 0.352 e. The maximum absolute atomic E-state index is 12.5. The van der Waals surface area contributed by atoms with E-state index in [-0.39, 0.29) is 24.4 Å². The first-order chi connectivity index (χ1) is 11.6. The van der Waals surface area contributed by atoms with E-state index >= 15 is 0 Å². The van der Waals surface area contributed by atoms with Crippen molar-refractivity contribution in [2.45, 2.75) is 37.8 Å². The van der Waals surface area contributed by atoms with E-state index in [0.717, 1.165) is 24.1 Å². The van der Waals surface area contributed by atoms with Gasteiger partial charge < -0.3 is 16.4 Å². The molecule has 4 N–H and O–H groups in total. The molecule has 0 fully saturated rings. The molecule has 1 aromatic heterocycles. The van der Waals surface area contributed by atoms with Gasteiger partial charge in [0.05, 0.1) is 18.5 Å². The number of thiophene rings is 1. The molecule has 1 aliphatic rings. The maximum atomic E-state index is 12.5. The van der Waals surface area contributed by atoms with Crippen molar-refractivity contribution in [2.24, 2.45) is 5.73 Å². The minimum absolute atomic E-state index is 0.0417. The molecule has 0 bridgehead atoms. The molecular formula is C18H21N3O2S. The summed E-state index contributed by atoms with van der Waals surface area (Å²) in [5, 5.41) is 7.69. The second-order valence-corrected chi connectivity index (χ2v) is 6.97. The first-order valence-corrected chi connectivity index (χ1v) is 8.98. The molecule has 6 heteroatoms. The Morgan fingerprint density at radius 1 is 1.25 bits per heavy atom. The maximum Gasteiger partial charge on any atom is 0.312 e. The average Bonchev–Trinajstić information content (AvgIpc) is 3.08. The van der Waals surface area contributed by atoms with Crippen LogP contribution in [0.1, 0.15) is 47.4 Å². The SMILES string of the molecule is NC(=O)N[C@H](CC(=O)N[C@@H]1CCCc2ccccc21)c1cccs1. The van der Waals surface area contributed by atoms with E-state index in [1.54, 1.807) is 0 Å². The molecule has 3 rings (SSSR count). The lowest BCUT2D eigenvalue weighted by Gasteiger charge is -2.27. The number of fused-ring (bicyclic) bond motifs is 1. The van der Waals surface area contributed by atoms with Crippen LogP contribution in [0.2, 0.25) is 0 Å². The monoisotopic (exact) mass is 343 g/mol. The second kappa shape index (κ2) is 7.49. The number of carbonyl (C=O) groups excluding carboxylic acids is 2. The number of urea groups is 1. The highest BCUT2D eigenvalue weighted by Gasteiger charge is 2.24. The fraction of sp³-hybridized carbons (Fsp3) is 0.333. The summed E-state index contributed by atoms with van der Waals surface area (Å²) in [6.45, 7) is 0. The van der Waals surface area contributed by atoms with Gasteiger partial charge in [0.25, 0.3) is 0 Å². The third-order valence-corrected chi connectivity index (χ3v) is 5.28. The lowest BCUT2D eigenvalue weighted by atomic mass is 9.87. The van der Waals surface area contributed by atoms with Gasteiger partial charge in [0.1, 0.15) is 0 Å². The average molecular weight is 343 g/mol. The molecule has 3 amide bonds. The molecule has 0 radical (unpaired) electrons. The topological polar surface area (TPSA) is 84.2 Å². The number of hydrogen-bond donors (Lipinski definition) is 3. The van der Waals surface area contributed by atoms with Crippen LogP contribution in [-0.4, -0.2) is 11.9 Å². The Kier molecular flexibility index (Phi) is 5.15. The summed E-state index contributed by atoms with van der Waals surface area (Å²) in [6, 6.07) is 11.1. The van der Waals surface area contributed by atoms with Gasteiger partial charge in [0.15, 0.2) is 0 Å². The van der Waals surface area contributed by atoms with Crippen LogP contribution in [-0.2, 0) is 11.2 Å². The third kappa shape index (κ3) is 3.94. The molecular weight excluding hydrogens is 322 g/mol. The van der Waals surface area contributed by atoms with Crippen LogP contribution in [0.3, 0.4) is 0 Å². The van der Waals surface area contributed by atoms with Crippen molar-refractivity contribution < 1.29 is 9.59 Å². The van der Waals surface area contributed by atoms with Crippen molar-refractivity contribution in [1.82, 2.24) is 10.6 Å². The predicted molar refractivity (Wildman–Crippen MR) is 94.7 cm³/mol. The fourth-order valence-corrected chi connectivity index (χ4v) is 4.00. The molecule has 1 aromatic carbocycles. The molecule has 0 saturated carbocycles. The smallest absolute Gasteiger partial charge is 0.312 e. The summed E-state index contributed by atoms with van der Waals surface area (Å²) in [4.78, 5) is 24.7. The van der Waals surface area contributed by atoms with E-state index < -0.39 is 6.03 Å². The van der Waals surface area contributed by atoms with E-state index in [1.807, 2.05) is 29.6 Å². The Labute approximate surface area is 145 Å². The van der Waals surface area contributed by atoms with Crippen molar-refractivity contribution >= 4 is 23.3 Å². The number of nitrogens with two attached hydrogens (primary N) is 1. The Morgan fingerprint density at radius 3 is 2.83 bits per heavy atom. The summed E-state index contributed by atoms with van der Waals surface area (Å²) in [5.74, 6) is -0.0798. The molecule has 24 heavy (non-hydrogen) atoms. The molecule has 126 valence electrons. The molecule has 1 aliphatic carbocycles. The number of amides is 3. The van der Waals surface area contributed by atoms with Crippen molar-refractivity contribution in [3.8, 4) is 0 Å². The lowest BCUT2D eigenvalue weighted by Crippen LogP contribution is -2.37. The zero-order chi connectivity index (χ0) is 16.9. The zero-order valence-electron chi connectivity index (χ0n) is 13.3. The minimum Gasteiger partial charge on any atom is -0.352 e. The molecule has 1 heterocycles. The van der Waals surface area contributed by atoms with Gasteiger partial charge in [-0.2, -0.15) is 0 Å². The Balaban J connectivity index is 1.67. The molecule has 0 unspecified atom stereocenters. The molecule has 0 spiro atoms. The van der Waals surface area contributed by atoms with E-state index in [0.29, 0.717) is 0 Å². The van der Waals surface area contributed by atoms with Gasteiger partial charge in [-0.05, 0) is 41.8 Å². The lowest BCUT2D eigenvalue weighted by molar-refractivity contribution is -0.122. The molecule has 0 saturated heterocycles. The van der Waals surface area contributed by atoms with Gasteiger partial charge in [-0.3, -0.25) is 4.79 Å². The molecule has 2 atom stereocenters. The van der Waals surface area contributed by atoms with Gasteiger partial charge in [-0.15, -0.1) is 11.3 Å². The van der Waals surface area contributed by atoms with Gasteiger partial charge in [0.2, 0.25) is 5.91 Å². The van der Waals surface area contributed by atoms with Gasteiger partial charge in [-0.1, -0.05) is 30.3 Å². The number of rotatable bonds is 5. The number of aryl methyl sites for hydroxylation is 1. The number of nitrogens with one attached hydrogen (secondary N) is 2. The third-order valence-electron chi connectivity index (χ3n) is 4.30. The highest BCUT2D eigenvalue weighted by Crippen LogP contribution is 2.30. The zero-order valence-corrected chi connectivity index (χ0v) is 14.1. The highest BCUT2D eigenvalue weighted by atomic mass is 32.1. The van der Waals surface area contributed by atoms with Crippen LogP contribution in [0.4, 0.5) is 4.79 Å². The van der Waals surface area contributed by atoms with Crippen LogP contribution in [0, 0.1) is 0 Å². The summed E-state index contributed by atoms with van der Waals surface area (Å²) >= 11 is 1.50. The Hall–Kier alpha value is -2.34. The summed E-state index contributed by atoms with van der Waals surface area (Å²) in [5.41, 5.74) is 7.75. The number of primary amides is 1. The predicted octanol–water partition coefficient (Wildman–Crippen LogP) is 3.04. The summed E-state index contributed by atoms with van der Waals surface area (Å²) < 4.78 is 0. The summed E-state index contributed by atoms with van der Waals surface area (Å²) in [7, 11) is 0. The van der Waals surface area contributed by atoms with Gasteiger partial charge in [-0.25, -0.2) is 4.79 Å².